The van der Waals surface area contributed by atoms with Gasteiger partial charge in [0.2, 0.25) is 0 Å². The average molecular weight is 231 g/mol. The molecule has 0 aromatic heterocycles. The van der Waals surface area contributed by atoms with Crippen molar-refractivity contribution in [3.8, 4) is 0 Å². The topological polar surface area (TPSA) is 21.3 Å². The van der Waals surface area contributed by atoms with Crippen molar-refractivity contribution in [2.75, 3.05) is 13.2 Å². The predicted molar refractivity (Wildman–Crippen MR) is 69.2 cm³/mol. The molecule has 0 aliphatic carbocycles. The maximum Gasteiger partial charge on any atom is 0.0982 e. The lowest BCUT2D eigenvalue weighted by atomic mass is 9.91. The van der Waals surface area contributed by atoms with Crippen molar-refractivity contribution in [2.24, 2.45) is 0 Å². The number of hydrogen-bond donors (Lipinski definition) is 1. The molecule has 0 bridgehead atoms. The van der Waals surface area contributed by atoms with E-state index in [1.165, 1.54) is 36.0 Å². The van der Waals surface area contributed by atoms with Gasteiger partial charge in [-0.1, -0.05) is 18.2 Å². The van der Waals surface area contributed by atoms with E-state index >= 15 is 0 Å². The number of hydrogen-bond acceptors (Lipinski definition) is 2. The first-order valence-electron chi connectivity index (χ1n) is 6.79. The fourth-order valence-electron chi connectivity index (χ4n) is 3.21. The molecule has 0 unspecified atom stereocenters. The Morgan fingerprint density at radius 2 is 2.24 bits per heavy atom. The zero-order valence-corrected chi connectivity index (χ0v) is 10.5. The third-order valence-electron chi connectivity index (χ3n) is 4.05. The molecule has 1 aromatic carbocycles. The maximum atomic E-state index is 6.13. The van der Waals surface area contributed by atoms with E-state index in [1.54, 1.807) is 0 Å². The van der Waals surface area contributed by atoms with Crippen molar-refractivity contribution in [3.63, 3.8) is 0 Å². The summed E-state index contributed by atoms with van der Waals surface area (Å²) in [4.78, 5) is 0. The molecule has 1 saturated heterocycles. The van der Waals surface area contributed by atoms with Crippen LogP contribution in [0.25, 0.3) is 0 Å². The third-order valence-corrected chi connectivity index (χ3v) is 4.05. The van der Waals surface area contributed by atoms with Crippen LogP contribution < -0.4 is 5.32 Å². The van der Waals surface area contributed by atoms with E-state index in [2.05, 4.69) is 30.4 Å². The minimum Gasteiger partial charge on any atom is -0.372 e. The quantitative estimate of drug-likeness (QED) is 0.802. The highest BCUT2D eigenvalue weighted by Crippen LogP contribution is 2.34. The largest absolute Gasteiger partial charge is 0.372 e. The standard InChI is InChI=1S/C15H21NO/c1-11-5-2-6-12-7-4-10-17-15(14(11)12)13-8-3-9-16-13/h2,5-6,13,15-16H,3-4,7-10H2,1H3/t13-,15-/m1/s1. The summed E-state index contributed by atoms with van der Waals surface area (Å²) >= 11 is 0. The maximum absolute atomic E-state index is 6.13. The van der Waals surface area contributed by atoms with Gasteiger partial charge in [0.05, 0.1) is 6.10 Å². The zero-order valence-electron chi connectivity index (χ0n) is 10.5. The van der Waals surface area contributed by atoms with Crippen LogP contribution in [0.1, 0.15) is 42.1 Å². The first kappa shape index (κ1) is 11.2. The summed E-state index contributed by atoms with van der Waals surface area (Å²) < 4.78 is 6.13. The number of fused-ring (bicyclic) bond motifs is 1. The summed E-state index contributed by atoms with van der Waals surface area (Å²) in [6.07, 6.45) is 5.13. The van der Waals surface area contributed by atoms with Gasteiger partial charge in [0.25, 0.3) is 0 Å². The molecule has 0 saturated carbocycles. The lowest BCUT2D eigenvalue weighted by Gasteiger charge is -2.26. The molecule has 3 rings (SSSR count). The van der Waals surface area contributed by atoms with Gasteiger partial charge in [0.15, 0.2) is 0 Å². The Hall–Kier alpha value is -0.860. The van der Waals surface area contributed by atoms with Crippen LogP contribution in [-0.4, -0.2) is 19.2 Å². The minimum absolute atomic E-state index is 0.274. The van der Waals surface area contributed by atoms with E-state index in [-0.39, 0.29) is 6.10 Å². The van der Waals surface area contributed by atoms with E-state index in [0.717, 1.165) is 19.6 Å². The monoisotopic (exact) mass is 231 g/mol. The Bertz CT molecular complexity index is 396. The SMILES string of the molecule is Cc1cccc2c1[C@@H]([C@H]1CCCN1)OCCC2. The molecule has 2 nitrogen and oxygen atoms in total. The normalized spacial score (nSPS) is 28.8. The molecule has 92 valence electrons. The number of nitrogens with one attached hydrogen (secondary N) is 1. The lowest BCUT2D eigenvalue weighted by molar-refractivity contribution is 0.0330. The predicted octanol–water partition coefficient (Wildman–Crippen LogP) is 2.75. The van der Waals surface area contributed by atoms with Gasteiger partial charge < -0.3 is 10.1 Å². The molecule has 0 radical (unpaired) electrons. The van der Waals surface area contributed by atoms with Gasteiger partial charge in [-0.3, -0.25) is 0 Å². The Kier molecular flexibility index (Phi) is 3.17. The number of ether oxygens (including phenoxy) is 1. The lowest BCUT2D eigenvalue weighted by Crippen LogP contribution is -2.31. The van der Waals surface area contributed by atoms with Crippen molar-refractivity contribution >= 4 is 0 Å². The molecular weight excluding hydrogens is 210 g/mol. The van der Waals surface area contributed by atoms with Gasteiger partial charge in [-0.25, -0.2) is 0 Å². The van der Waals surface area contributed by atoms with Gasteiger partial charge in [-0.15, -0.1) is 0 Å². The highest BCUT2D eigenvalue weighted by atomic mass is 16.5. The highest BCUT2D eigenvalue weighted by Gasteiger charge is 2.30. The van der Waals surface area contributed by atoms with Crippen LogP contribution in [0.2, 0.25) is 0 Å². The number of aryl methyl sites for hydroxylation is 2. The summed E-state index contributed by atoms with van der Waals surface area (Å²) in [5.74, 6) is 0. The van der Waals surface area contributed by atoms with Crippen LogP contribution in [0.15, 0.2) is 18.2 Å². The van der Waals surface area contributed by atoms with Crippen molar-refractivity contribution in [3.05, 3.63) is 34.9 Å². The van der Waals surface area contributed by atoms with E-state index < -0.39 is 0 Å². The molecule has 2 aliphatic heterocycles. The Morgan fingerprint density at radius 3 is 3.06 bits per heavy atom. The second kappa shape index (κ2) is 4.79. The molecule has 1 aromatic rings. The Morgan fingerprint density at radius 1 is 1.29 bits per heavy atom. The molecule has 2 atom stereocenters. The summed E-state index contributed by atoms with van der Waals surface area (Å²) in [5.41, 5.74) is 4.36. The number of rotatable bonds is 1. The summed E-state index contributed by atoms with van der Waals surface area (Å²) in [7, 11) is 0. The second-order valence-electron chi connectivity index (χ2n) is 5.25. The van der Waals surface area contributed by atoms with E-state index in [9.17, 15) is 0 Å². The molecule has 1 fully saturated rings. The van der Waals surface area contributed by atoms with Crippen LogP contribution >= 0.6 is 0 Å². The van der Waals surface area contributed by atoms with Gasteiger partial charge in [-0.05, 0) is 55.8 Å². The summed E-state index contributed by atoms with van der Waals surface area (Å²) in [6, 6.07) is 7.19. The fourth-order valence-corrected chi connectivity index (χ4v) is 3.21. The minimum atomic E-state index is 0.274. The van der Waals surface area contributed by atoms with Gasteiger partial charge in [-0.2, -0.15) is 0 Å². The second-order valence-corrected chi connectivity index (χ2v) is 5.25. The molecule has 2 heterocycles. The molecule has 2 aliphatic rings. The summed E-state index contributed by atoms with van der Waals surface area (Å²) in [6.45, 7) is 4.26. The Balaban J connectivity index is 1.99. The van der Waals surface area contributed by atoms with Crippen molar-refractivity contribution in [1.82, 2.24) is 5.32 Å². The zero-order chi connectivity index (χ0) is 11.7. The molecular formula is C15H21NO. The fraction of sp³-hybridized carbons (Fsp3) is 0.600. The van der Waals surface area contributed by atoms with Crippen molar-refractivity contribution in [2.45, 2.75) is 44.8 Å². The van der Waals surface area contributed by atoms with Crippen LogP contribution in [0, 0.1) is 6.92 Å². The average Bonchev–Trinajstić information content (AvgIpc) is 2.76. The van der Waals surface area contributed by atoms with Crippen LogP contribution in [-0.2, 0) is 11.2 Å². The van der Waals surface area contributed by atoms with Crippen molar-refractivity contribution in [1.29, 1.82) is 0 Å². The highest BCUT2D eigenvalue weighted by molar-refractivity contribution is 5.38. The van der Waals surface area contributed by atoms with Crippen molar-refractivity contribution < 1.29 is 4.74 Å². The molecule has 17 heavy (non-hydrogen) atoms. The van der Waals surface area contributed by atoms with Gasteiger partial charge >= 0.3 is 0 Å². The molecule has 0 amide bonds. The molecule has 2 heteroatoms. The molecule has 0 spiro atoms. The van der Waals surface area contributed by atoms with Crippen LogP contribution in [0.5, 0.6) is 0 Å². The first-order valence-corrected chi connectivity index (χ1v) is 6.79. The van der Waals surface area contributed by atoms with Gasteiger partial charge in [0, 0.05) is 12.6 Å². The van der Waals surface area contributed by atoms with E-state index in [1.807, 2.05) is 0 Å². The van der Waals surface area contributed by atoms with Crippen LogP contribution in [0.3, 0.4) is 0 Å². The summed E-state index contributed by atoms with van der Waals surface area (Å²) in [5, 5.41) is 3.60. The Labute approximate surface area is 103 Å². The first-order chi connectivity index (χ1) is 8.36. The van der Waals surface area contributed by atoms with E-state index in [0.29, 0.717) is 6.04 Å². The van der Waals surface area contributed by atoms with Crippen LogP contribution in [0.4, 0.5) is 0 Å². The smallest absolute Gasteiger partial charge is 0.0982 e. The van der Waals surface area contributed by atoms with E-state index in [4.69, 9.17) is 4.74 Å². The third kappa shape index (κ3) is 2.12. The van der Waals surface area contributed by atoms with Gasteiger partial charge in [0.1, 0.15) is 0 Å². The number of benzene rings is 1. The molecule has 1 N–H and O–H groups in total.